The van der Waals surface area contributed by atoms with Gasteiger partial charge in [0.2, 0.25) is 0 Å². The molecule has 2 heterocycles. The third kappa shape index (κ3) is 4.46. The molecule has 1 aromatic heterocycles. The number of rotatable bonds is 6. The first-order chi connectivity index (χ1) is 11.8. The largest absolute Gasteiger partial charge is 0.491 e. The van der Waals surface area contributed by atoms with Gasteiger partial charge in [-0.1, -0.05) is 12.0 Å². The first kappa shape index (κ1) is 16.3. The summed E-state index contributed by atoms with van der Waals surface area (Å²) in [5.41, 5.74) is 2.70. The number of H-pyrrole nitrogens is 1. The van der Waals surface area contributed by atoms with Gasteiger partial charge >= 0.3 is 0 Å². The lowest BCUT2D eigenvalue weighted by molar-refractivity contribution is 0.0897. The molecule has 3 rings (SSSR count). The number of ether oxygens (including phenoxy) is 2. The van der Waals surface area contributed by atoms with Gasteiger partial charge in [-0.2, -0.15) is 0 Å². The summed E-state index contributed by atoms with van der Waals surface area (Å²) in [6.45, 7) is 1.26. The zero-order valence-corrected chi connectivity index (χ0v) is 13.3. The average molecular weight is 326 g/mol. The quantitative estimate of drug-likeness (QED) is 0.647. The first-order valence-corrected chi connectivity index (χ1v) is 7.97. The molecule has 0 aliphatic carbocycles. The molecule has 0 saturated heterocycles. The molecule has 1 aliphatic rings. The highest BCUT2D eigenvalue weighted by atomic mass is 19.1. The summed E-state index contributed by atoms with van der Waals surface area (Å²) < 4.78 is 22.4. The molecule has 4 nitrogen and oxygen atoms in total. The number of hydrogen-bond acceptors (Lipinski definition) is 3. The summed E-state index contributed by atoms with van der Waals surface area (Å²) in [5.74, 6) is 6.99. The van der Waals surface area contributed by atoms with Gasteiger partial charge in [-0.25, -0.2) is 4.39 Å². The van der Waals surface area contributed by atoms with E-state index >= 15 is 0 Å². The molecule has 0 unspecified atom stereocenters. The lowest BCUT2D eigenvalue weighted by Crippen LogP contribution is -2.25. The first-order valence-electron chi connectivity index (χ1n) is 7.97. The van der Waals surface area contributed by atoms with Gasteiger partial charge < -0.3 is 14.5 Å². The van der Waals surface area contributed by atoms with Crippen molar-refractivity contribution in [2.45, 2.75) is 6.42 Å². The lowest BCUT2D eigenvalue weighted by atomic mass is 10.2. The maximum absolute atomic E-state index is 11.9. The van der Waals surface area contributed by atoms with Gasteiger partial charge in [-0.3, -0.25) is 4.99 Å². The average Bonchev–Trinajstić information content (AvgIpc) is 3.04. The SMILES string of the molecule is FCCOCCOc1ccc(C#Cc2cc3c([nH]2)=NCCC=3)cc1. The molecule has 1 aromatic carbocycles. The highest BCUT2D eigenvalue weighted by molar-refractivity contribution is 5.43. The molecular weight excluding hydrogens is 307 g/mol. The number of halogens is 1. The van der Waals surface area contributed by atoms with Gasteiger partial charge in [-0.05, 0) is 42.7 Å². The third-order valence-corrected chi connectivity index (χ3v) is 3.50. The standard InChI is InChI=1S/C19H19FN2O2/c20-9-11-23-12-13-24-18-7-4-15(5-8-18)3-6-17-14-16-2-1-10-21-19(16)22-17/h2,4-5,7-8,14H,1,9-13H2,(H,21,22). The Bertz CT molecular complexity index is 811. The summed E-state index contributed by atoms with van der Waals surface area (Å²) in [5, 5.41) is 1.13. The van der Waals surface area contributed by atoms with Crippen molar-refractivity contribution in [1.29, 1.82) is 0 Å². The van der Waals surface area contributed by atoms with E-state index in [0.717, 1.165) is 40.7 Å². The monoisotopic (exact) mass is 326 g/mol. The van der Waals surface area contributed by atoms with E-state index in [1.807, 2.05) is 30.3 Å². The number of nitrogens with zero attached hydrogens (tertiary/aromatic N) is 1. The second kappa shape index (κ2) is 8.32. The maximum atomic E-state index is 11.9. The van der Waals surface area contributed by atoms with E-state index in [9.17, 15) is 4.39 Å². The number of fused-ring (bicyclic) bond motifs is 1. The minimum absolute atomic E-state index is 0.116. The smallest absolute Gasteiger partial charge is 0.132 e. The molecule has 0 amide bonds. The van der Waals surface area contributed by atoms with E-state index in [-0.39, 0.29) is 6.61 Å². The van der Waals surface area contributed by atoms with Crippen molar-refractivity contribution >= 4 is 6.08 Å². The summed E-state index contributed by atoms with van der Waals surface area (Å²) in [7, 11) is 0. The van der Waals surface area contributed by atoms with E-state index in [2.05, 4.69) is 27.9 Å². The number of aromatic nitrogens is 1. The van der Waals surface area contributed by atoms with Gasteiger partial charge in [-0.15, -0.1) is 0 Å². The van der Waals surface area contributed by atoms with Gasteiger partial charge in [0.05, 0.1) is 18.9 Å². The Morgan fingerprint density at radius 2 is 2.00 bits per heavy atom. The van der Waals surface area contributed by atoms with Crippen molar-refractivity contribution in [3.63, 3.8) is 0 Å². The predicted molar refractivity (Wildman–Crippen MR) is 90.2 cm³/mol. The number of nitrogens with one attached hydrogen (secondary N) is 1. The van der Waals surface area contributed by atoms with Crippen LogP contribution in [0.4, 0.5) is 4.39 Å². The van der Waals surface area contributed by atoms with Gasteiger partial charge in [0.1, 0.15) is 24.5 Å². The van der Waals surface area contributed by atoms with Gasteiger partial charge in [0.15, 0.2) is 0 Å². The topological polar surface area (TPSA) is 46.6 Å². The van der Waals surface area contributed by atoms with Crippen molar-refractivity contribution in [3.8, 4) is 17.6 Å². The fourth-order valence-electron chi connectivity index (χ4n) is 2.36. The Morgan fingerprint density at radius 3 is 2.79 bits per heavy atom. The number of aromatic amines is 1. The van der Waals surface area contributed by atoms with Crippen LogP contribution in [0.1, 0.15) is 17.7 Å². The van der Waals surface area contributed by atoms with Crippen LogP contribution < -0.4 is 15.4 Å². The van der Waals surface area contributed by atoms with Crippen molar-refractivity contribution < 1.29 is 13.9 Å². The Balaban J connectivity index is 1.58. The molecule has 1 N–H and O–H groups in total. The molecular formula is C19H19FN2O2. The second-order valence-corrected chi connectivity index (χ2v) is 5.29. The van der Waals surface area contributed by atoms with Crippen LogP contribution in [0, 0.1) is 11.8 Å². The normalized spacial score (nSPS) is 12.4. The van der Waals surface area contributed by atoms with Crippen molar-refractivity contribution in [2.24, 2.45) is 4.99 Å². The van der Waals surface area contributed by atoms with E-state index < -0.39 is 6.67 Å². The van der Waals surface area contributed by atoms with Crippen LogP contribution in [0.5, 0.6) is 5.75 Å². The Hall–Kier alpha value is -2.58. The predicted octanol–water partition coefficient (Wildman–Crippen LogP) is 1.58. The Kier molecular flexibility index (Phi) is 5.65. The molecule has 5 heteroatoms. The zero-order valence-electron chi connectivity index (χ0n) is 13.3. The Labute approximate surface area is 140 Å². The van der Waals surface area contributed by atoms with Crippen LogP contribution in [0.25, 0.3) is 6.08 Å². The number of hydrogen-bond donors (Lipinski definition) is 1. The van der Waals surface area contributed by atoms with E-state index in [0.29, 0.717) is 13.2 Å². The number of alkyl halides is 1. The Morgan fingerprint density at radius 1 is 1.12 bits per heavy atom. The third-order valence-electron chi connectivity index (χ3n) is 3.50. The summed E-state index contributed by atoms with van der Waals surface area (Å²) in [6, 6.07) is 9.57. The van der Waals surface area contributed by atoms with Crippen molar-refractivity contribution in [3.05, 3.63) is 52.3 Å². The molecule has 24 heavy (non-hydrogen) atoms. The van der Waals surface area contributed by atoms with E-state index in [4.69, 9.17) is 9.47 Å². The molecule has 0 fully saturated rings. The highest BCUT2D eigenvalue weighted by Gasteiger charge is 1.98. The van der Waals surface area contributed by atoms with E-state index in [1.165, 1.54) is 0 Å². The van der Waals surface area contributed by atoms with Crippen LogP contribution in [0.3, 0.4) is 0 Å². The molecule has 0 spiro atoms. The second-order valence-electron chi connectivity index (χ2n) is 5.29. The molecule has 0 atom stereocenters. The molecule has 1 aliphatic heterocycles. The molecule has 0 radical (unpaired) electrons. The highest BCUT2D eigenvalue weighted by Crippen LogP contribution is 2.11. The fourth-order valence-corrected chi connectivity index (χ4v) is 2.36. The van der Waals surface area contributed by atoms with Crippen LogP contribution in [0.2, 0.25) is 0 Å². The molecule has 0 bridgehead atoms. The van der Waals surface area contributed by atoms with Crippen LogP contribution in [-0.2, 0) is 4.74 Å². The van der Waals surface area contributed by atoms with Gasteiger partial charge in [0, 0.05) is 17.3 Å². The molecule has 2 aromatic rings. The minimum atomic E-state index is -0.469. The fraction of sp³-hybridized carbons (Fsp3) is 0.316. The van der Waals surface area contributed by atoms with Crippen LogP contribution in [0.15, 0.2) is 35.3 Å². The van der Waals surface area contributed by atoms with Crippen molar-refractivity contribution in [1.82, 2.24) is 4.98 Å². The summed E-state index contributed by atoms with van der Waals surface area (Å²) in [4.78, 5) is 7.65. The van der Waals surface area contributed by atoms with Crippen molar-refractivity contribution in [2.75, 3.05) is 33.0 Å². The summed E-state index contributed by atoms with van der Waals surface area (Å²) in [6.07, 6.45) is 3.16. The molecule has 0 saturated carbocycles. The lowest BCUT2D eigenvalue weighted by Gasteiger charge is -2.06. The van der Waals surface area contributed by atoms with Crippen LogP contribution in [-0.4, -0.2) is 38.0 Å². The maximum Gasteiger partial charge on any atom is 0.132 e. The van der Waals surface area contributed by atoms with Crippen LogP contribution >= 0.6 is 0 Å². The minimum Gasteiger partial charge on any atom is -0.491 e. The zero-order chi connectivity index (χ0) is 16.6. The molecule has 124 valence electrons. The summed E-state index contributed by atoms with van der Waals surface area (Å²) >= 11 is 0. The van der Waals surface area contributed by atoms with Gasteiger partial charge in [0.25, 0.3) is 0 Å². The number of benzene rings is 1. The van der Waals surface area contributed by atoms with E-state index in [1.54, 1.807) is 0 Å².